The molecule has 0 spiro atoms. The van der Waals surface area contributed by atoms with Crippen molar-refractivity contribution < 1.29 is 5.11 Å². The fourth-order valence-corrected chi connectivity index (χ4v) is 2.33. The fraction of sp³-hybridized carbons (Fsp3) is 0. The quantitative estimate of drug-likeness (QED) is 0.538. The Hall–Kier alpha value is -2.73. The number of aromatic hydroxyl groups is 1. The summed E-state index contributed by atoms with van der Waals surface area (Å²) in [6.45, 7) is 0. The molecule has 0 bridgehead atoms. The van der Waals surface area contributed by atoms with Crippen molar-refractivity contribution in [2.75, 3.05) is 5.43 Å². The van der Waals surface area contributed by atoms with E-state index in [1.165, 1.54) is 6.21 Å². The molecule has 0 radical (unpaired) electrons. The molecule has 0 aliphatic heterocycles. The zero-order valence-electron chi connectivity index (χ0n) is 12.0. The van der Waals surface area contributed by atoms with E-state index >= 15 is 0 Å². The van der Waals surface area contributed by atoms with Crippen LogP contribution in [-0.4, -0.2) is 21.3 Å². The van der Waals surface area contributed by atoms with Gasteiger partial charge in [-0.05, 0) is 23.8 Å². The lowest BCUT2D eigenvalue weighted by atomic mass is 10.1. The van der Waals surface area contributed by atoms with Gasteiger partial charge in [-0.15, -0.1) is 0 Å². The summed E-state index contributed by atoms with van der Waals surface area (Å²) in [5.74, 6) is 0.537. The van der Waals surface area contributed by atoms with Gasteiger partial charge in [0.25, 0.3) is 0 Å². The molecule has 2 aromatic carbocycles. The summed E-state index contributed by atoms with van der Waals surface area (Å²) >= 11 is 3.35. The van der Waals surface area contributed by atoms with Crippen molar-refractivity contribution in [3.8, 4) is 16.9 Å². The van der Waals surface area contributed by atoms with Gasteiger partial charge in [-0.1, -0.05) is 46.3 Å². The van der Waals surface area contributed by atoms with Crippen molar-refractivity contribution in [3.63, 3.8) is 0 Å². The van der Waals surface area contributed by atoms with Crippen molar-refractivity contribution in [3.05, 3.63) is 71.0 Å². The summed E-state index contributed by atoms with van der Waals surface area (Å²) in [6.07, 6.45) is 4.97. The first kappa shape index (κ1) is 15.2. The molecule has 1 aromatic heterocycles. The predicted molar refractivity (Wildman–Crippen MR) is 94.5 cm³/mol. The van der Waals surface area contributed by atoms with Crippen molar-refractivity contribution in [2.45, 2.75) is 0 Å². The third kappa shape index (κ3) is 3.92. The minimum Gasteiger partial charge on any atom is -0.507 e. The smallest absolute Gasteiger partial charge is 0.243 e. The van der Waals surface area contributed by atoms with Crippen molar-refractivity contribution >= 4 is 28.1 Å². The van der Waals surface area contributed by atoms with Gasteiger partial charge in [0.1, 0.15) is 5.75 Å². The van der Waals surface area contributed by atoms with E-state index in [1.807, 2.05) is 30.3 Å². The molecular weight excluding hydrogens is 356 g/mol. The normalized spacial score (nSPS) is 10.8. The molecule has 3 aromatic rings. The Morgan fingerprint density at radius 1 is 1.00 bits per heavy atom. The molecule has 0 saturated carbocycles. The van der Waals surface area contributed by atoms with E-state index in [0.29, 0.717) is 11.5 Å². The van der Waals surface area contributed by atoms with Gasteiger partial charge in [-0.2, -0.15) is 5.10 Å². The molecule has 0 aliphatic rings. The number of benzene rings is 2. The molecule has 23 heavy (non-hydrogen) atoms. The summed E-state index contributed by atoms with van der Waals surface area (Å²) in [4.78, 5) is 8.44. The number of nitrogens with one attached hydrogen (secondary N) is 1. The average molecular weight is 369 g/mol. The highest BCUT2D eigenvalue weighted by Crippen LogP contribution is 2.20. The number of phenolic OH excluding ortho intramolecular Hbond substituents is 1. The fourth-order valence-electron chi connectivity index (χ4n) is 1.95. The Morgan fingerprint density at radius 2 is 1.74 bits per heavy atom. The monoisotopic (exact) mass is 368 g/mol. The van der Waals surface area contributed by atoms with Gasteiger partial charge in [0, 0.05) is 28.0 Å². The number of hydrazone groups is 1. The number of nitrogens with zero attached hydrogens (tertiary/aromatic N) is 3. The van der Waals surface area contributed by atoms with Crippen LogP contribution in [0.4, 0.5) is 5.95 Å². The van der Waals surface area contributed by atoms with Crippen LogP contribution in [0, 0.1) is 0 Å². The molecule has 0 atom stereocenters. The van der Waals surface area contributed by atoms with Crippen LogP contribution < -0.4 is 5.43 Å². The summed E-state index contributed by atoms with van der Waals surface area (Å²) < 4.78 is 0.861. The molecule has 1 heterocycles. The van der Waals surface area contributed by atoms with Crippen LogP contribution >= 0.6 is 15.9 Å². The van der Waals surface area contributed by atoms with Gasteiger partial charge in [0.05, 0.1) is 6.21 Å². The van der Waals surface area contributed by atoms with E-state index in [0.717, 1.165) is 15.6 Å². The number of rotatable bonds is 4. The molecule has 0 amide bonds. The Bertz CT molecular complexity index is 820. The third-order valence-corrected chi connectivity index (χ3v) is 3.61. The van der Waals surface area contributed by atoms with E-state index in [2.05, 4.69) is 36.4 Å². The van der Waals surface area contributed by atoms with Gasteiger partial charge < -0.3 is 5.11 Å². The largest absolute Gasteiger partial charge is 0.507 e. The second-order valence-electron chi connectivity index (χ2n) is 4.73. The van der Waals surface area contributed by atoms with Crippen LogP contribution in [0.1, 0.15) is 5.56 Å². The third-order valence-electron chi connectivity index (χ3n) is 3.12. The molecule has 0 aliphatic carbocycles. The van der Waals surface area contributed by atoms with Crippen LogP contribution in [0.25, 0.3) is 11.1 Å². The zero-order valence-corrected chi connectivity index (χ0v) is 13.6. The van der Waals surface area contributed by atoms with Crippen molar-refractivity contribution in [2.24, 2.45) is 5.10 Å². The van der Waals surface area contributed by atoms with Gasteiger partial charge in [0.15, 0.2) is 0 Å². The highest BCUT2D eigenvalue weighted by Gasteiger charge is 2.00. The molecule has 0 fully saturated rings. The topological polar surface area (TPSA) is 70.4 Å². The molecule has 3 rings (SSSR count). The lowest BCUT2D eigenvalue weighted by molar-refractivity contribution is 0.474. The summed E-state index contributed by atoms with van der Waals surface area (Å²) in [5.41, 5.74) is 5.32. The first-order valence-corrected chi connectivity index (χ1v) is 7.67. The number of hydrogen-bond donors (Lipinski definition) is 2. The second kappa shape index (κ2) is 7.02. The van der Waals surface area contributed by atoms with Crippen molar-refractivity contribution in [1.82, 2.24) is 9.97 Å². The SMILES string of the molecule is Oc1ccc(Br)cc1/C=N/Nc1ncc(-c2ccccc2)cn1. The maximum atomic E-state index is 9.72. The number of aromatic nitrogens is 2. The van der Waals surface area contributed by atoms with Crippen LogP contribution in [0.5, 0.6) is 5.75 Å². The summed E-state index contributed by atoms with van der Waals surface area (Å²) in [7, 11) is 0. The molecule has 6 heteroatoms. The van der Waals surface area contributed by atoms with Crippen LogP contribution in [0.15, 0.2) is 70.5 Å². The number of anilines is 1. The van der Waals surface area contributed by atoms with Crippen LogP contribution in [0.2, 0.25) is 0 Å². The highest BCUT2D eigenvalue weighted by molar-refractivity contribution is 9.10. The van der Waals surface area contributed by atoms with E-state index < -0.39 is 0 Å². The predicted octanol–water partition coefficient (Wildman–Crippen LogP) is 4.06. The maximum Gasteiger partial charge on any atom is 0.243 e. The molecule has 0 unspecified atom stereocenters. The summed E-state index contributed by atoms with van der Waals surface area (Å²) in [6, 6.07) is 15.0. The molecule has 0 saturated heterocycles. The molecule has 2 N–H and O–H groups in total. The highest BCUT2D eigenvalue weighted by atomic mass is 79.9. The minimum atomic E-state index is 0.152. The minimum absolute atomic E-state index is 0.152. The van der Waals surface area contributed by atoms with E-state index in [4.69, 9.17) is 0 Å². The lowest BCUT2D eigenvalue weighted by Gasteiger charge is -2.02. The van der Waals surface area contributed by atoms with Gasteiger partial charge >= 0.3 is 0 Å². The van der Waals surface area contributed by atoms with E-state index in [9.17, 15) is 5.11 Å². The Labute approximate surface area is 141 Å². The van der Waals surface area contributed by atoms with Crippen molar-refractivity contribution in [1.29, 1.82) is 0 Å². The number of phenols is 1. The Kier molecular flexibility index (Phi) is 4.63. The second-order valence-corrected chi connectivity index (χ2v) is 5.65. The zero-order chi connectivity index (χ0) is 16.1. The molecule has 5 nitrogen and oxygen atoms in total. The van der Waals surface area contributed by atoms with Gasteiger partial charge in [-0.3, -0.25) is 0 Å². The first-order valence-electron chi connectivity index (χ1n) is 6.87. The van der Waals surface area contributed by atoms with Crippen LogP contribution in [0.3, 0.4) is 0 Å². The van der Waals surface area contributed by atoms with Gasteiger partial charge in [-0.25, -0.2) is 15.4 Å². The van der Waals surface area contributed by atoms with E-state index in [-0.39, 0.29) is 5.75 Å². The number of halogens is 1. The molecule has 114 valence electrons. The summed E-state index contributed by atoms with van der Waals surface area (Å²) in [5, 5.41) is 13.8. The van der Waals surface area contributed by atoms with E-state index in [1.54, 1.807) is 30.6 Å². The van der Waals surface area contributed by atoms with Gasteiger partial charge in [0.2, 0.25) is 5.95 Å². The Balaban J connectivity index is 1.69. The first-order chi connectivity index (χ1) is 11.2. The van der Waals surface area contributed by atoms with Crippen LogP contribution in [-0.2, 0) is 0 Å². The molecular formula is C17H13BrN4O. The lowest BCUT2D eigenvalue weighted by Crippen LogP contribution is -1.97. The number of hydrogen-bond acceptors (Lipinski definition) is 5. The standard InChI is InChI=1S/C17H13BrN4O/c18-15-6-7-16(23)13(8-15)11-21-22-17-19-9-14(10-20-17)12-4-2-1-3-5-12/h1-11,23H,(H,19,20,22)/b21-11+. The average Bonchev–Trinajstić information content (AvgIpc) is 2.59. The Morgan fingerprint density at radius 3 is 2.48 bits per heavy atom. The maximum absolute atomic E-state index is 9.72.